The lowest BCUT2D eigenvalue weighted by atomic mass is 9.85. The molecule has 0 aliphatic carbocycles. The second-order valence-electron chi connectivity index (χ2n) is 4.88. The first-order chi connectivity index (χ1) is 8.19. The van der Waals surface area contributed by atoms with Crippen molar-refractivity contribution in [2.75, 3.05) is 13.6 Å². The van der Waals surface area contributed by atoms with E-state index in [0.717, 1.165) is 23.9 Å². The fourth-order valence-electron chi connectivity index (χ4n) is 2.37. The zero-order valence-corrected chi connectivity index (χ0v) is 11.9. The molecule has 1 nitrogen and oxygen atoms in total. The summed E-state index contributed by atoms with van der Waals surface area (Å²) in [6.07, 6.45) is 3.61. The summed E-state index contributed by atoms with van der Waals surface area (Å²) in [4.78, 5) is 0. The Morgan fingerprint density at radius 3 is 2.59 bits per heavy atom. The highest BCUT2D eigenvalue weighted by atomic mass is 35.5. The van der Waals surface area contributed by atoms with Gasteiger partial charge in [-0.2, -0.15) is 0 Å². The van der Waals surface area contributed by atoms with Crippen LogP contribution < -0.4 is 5.32 Å². The molecule has 0 aromatic heterocycles. The van der Waals surface area contributed by atoms with Crippen LogP contribution in [0.1, 0.15) is 32.3 Å². The predicted molar refractivity (Wildman–Crippen MR) is 76.6 cm³/mol. The molecule has 1 aromatic carbocycles. The maximum Gasteiger partial charge on any atom is 0.0438 e. The van der Waals surface area contributed by atoms with Crippen molar-refractivity contribution in [3.8, 4) is 0 Å². The average Bonchev–Trinajstić information content (AvgIpc) is 2.31. The number of halogens is 1. The molecule has 1 N–H and O–H groups in total. The summed E-state index contributed by atoms with van der Waals surface area (Å²) in [5.41, 5.74) is 1.28. The minimum absolute atomic E-state index is 0.667. The van der Waals surface area contributed by atoms with Gasteiger partial charge < -0.3 is 5.32 Å². The third kappa shape index (κ3) is 4.69. The van der Waals surface area contributed by atoms with Gasteiger partial charge in [0, 0.05) is 5.02 Å². The van der Waals surface area contributed by atoms with Gasteiger partial charge in [0.25, 0.3) is 0 Å². The zero-order chi connectivity index (χ0) is 12.7. The molecule has 2 unspecified atom stereocenters. The molecule has 2 atom stereocenters. The summed E-state index contributed by atoms with van der Waals surface area (Å²) >= 11 is 6.23. The Morgan fingerprint density at radius 2 is 2.00 bits per heavy atom. The molecule has 0 spiro atoms. The van der Waals surface area contributed by atoms with Crippen molar-refractivity contribution in [2.45, 2.75) is 33.1 Å². The van der Waals surface area contributed by atoms with Crippen molar-refractivity contribution in [1.82, 2.24) is 5.32 Å². The van der Waals surface area contributed by atoms with Crippen LogP contribution in [-0.2, 0) is 6.42 Å². The minimum Gasteiger partial charge on any atom is -0.319 e. The van der Waals surface area contributed by atoms with Crippen molar-refractivity contribution in [3.63, 3.8) is 0 Å². The Bertz CT molecular complexity index is 324. The van der Waals surface area contributed by atoms with E-state index in [-0.39, 0.29) is 0 Å². The Kier molecular flexibility index (Phi) is 6.61. The van der Waals surface area contributed by atoms with Gasteiger partial charge in [-0.25, -0.2) is 0 Å². The van der Waals surface area contributed by atoms with Crippen LogP contribution in [0.15, 0.2) is 24.3 Å². The third-order valence-corrected chi connectivity index (χ3v) is 3.82. The van der Waals surface area contributed by atoms with E-state index < -0.39 is 0 Å². The highest BCUT2D eigenvalue weighted by Crippen LogP contribution is 2.25. The topological polar surface area (TPSA) is 12.0 Å². The fraction of sp³-hybridized carbons (Fsp3) is 0.600. The molecule has 0 radical (unpaired) electrons. The highest BCUT2D eigenvalue weighted by molar-refractivity contribution is 6.31. The van der Waals surface area contributed by atoms with E-state index in [1.54, 1.807) is 0 Å². The summed E-state index contributed by atoms with van der Waals surface area (Å²) in [6, 6.07) is 8.19. The van der Waals surface area contributed by atoms with E-state index in [1.165, 1.54) is 18.4 Å². The smallest absolute Gasteiger partial charge is 0.0438 e. The molecule has 0 aliphatic rings. The number of rotatable bonds is 7. The lowest BCUT2D eigenvalue weighted by Crippen LogP contribution is -2.26. The van der Waals surface area contributed by atoms with Crippen LogP contribution in [0.25, 0.3) is 0 Å². The SMILES string of the molecule is CCCC(C)C(CNC)Cc1ccccc1Cl. The number of nitrogens with one attached hydrogen (secondary N) is 1. The zero-order valence-electron chi connectivity index (χ0n) is 11.2. The second-order valence-corrected chi connectivity index (χ2v) is 5.29. The molecule has 0 aliphatic heterocycles. The van der Waals surface area contributed by atoms with Crippen molar-refractivity contribution < 1.29 is 0 Å². The Labute approximate surface area is 111 Å². The number of hydrogen-bond donors (Lipinski definition) is 1. The molecular weight excluding hydrogens is 230 g/mol. The number of hydrogen-bond acceptors (Lipinski definition) is 1. The standard InChI is InChI=1S/C15H24ClN/c1-4-7-12(2)14(11-17-3)10-13-8-5-6-9-15(13)16/h5-6,8-9,12,14,17H,4,7,10-11H2,1-3H3. The van der Waals surface area contributed by atoms with Crippen LogP contribution in [0.4, 0.5) is 0 Å². The van der Waals surface area contributed by atoms with Gasteiger partial charge in [-0.1, -0.05) is 56.5 Å². The molecule has 0 fully saturated rings. The monoisotopic (exact) mass is 253 g/mol. The lowest BCUT2D eigenvalue weighted by molar-refractivity contribution is 0.325. The van der Waals surface area contributed by atoms with Gasteiger partial charge in [0.15, 0.2) is 0 Å². The highest BCUT2D eigenvalue weighted by Gasteiger charge is 2.17. The molecule has 0 bridgehead atoms. The normalized spacial score (nSPS) is 14.6. The molecular formula is C15H24ClN. The van der Waals surface area contributed by atoms with E-state index in [1.807, 2.05) is 19.2 Å². The van der Waals surface area contributed by atoms with Crippen LogP contribution in [0.2, 0.25) is 5.02 Å². The van der Waals surface area contributed by atoms with Crippen molar-refractivity contribution in [2.24, 2.45) is 11.8 Å². The van der Waals surface area contributed by atoms with Crippen LogP contribution in [0, 0.1) is 11.8 Å². The van der Waals surface area contributed by atoms with E-state index >= 15 is 0 Å². The lowest BCUT2D eigenvalue weighted by Gasteiger charge is -2.24. The molecule has 0 heterocycles. The average molecular weight is 254 g/mol. The van der Waals surface area contributed by atoms with Crippen LogP contribution in [0.3, 0.4) is 0 Å². The molecule has 0 saturated heterocycles. The van der Waals surface area contributed by atoms with Crippen molar-refractivity contribution in [3.05, 3.63) is 34.9 Å². The largest absolute Gasteiger partial charge is 0.319 e. The van der Waals surface area contributed by atoms with Gasteiger partial charge in [-0.05, 0) is 43.5 Å². The van der Waals surface area contributed by atoms with Gasteiger partial charge in [0.2, 0.25) is 0 Å². The van der Waals surface area contributed by atoms with Gasteiger partial charge in [0.1, 0.15) is 0 Å². The minimum atomic E-state index is 0.667. The van der Waals surface area contributed by atoms with Gasteiger partial charge in [-0.15, -0.1) is 0 Å². The van der Waals surface area contributed by atoms with Crippen molar-refractivity contribution >= 4 is 11.6 Å². The first kappa shape index (κ1) is 14.5. The first-order valence-electron chi connectivity index (χ1n) is 6.57. The van der Waals surface area contributed by atoms with Gasteiger partial charge >= 0.3 is 0 Å². The maximum atomic E-state index is 6.23. The summed E-state index contributed by atoms with van der Waals surface area (Å²) in [6.45, 7) is 5.66. The first-order valence-corrected chi connectivity index (χ1v) is 6.94. The van der Waals surface area contributed by atoms with E-state index in [4.69, 9.17) is 11.6 Å². The van der Waals surface area contributed by atoms with Crippen LogP contribution in [-0.4, -0.2) is 13.6 Å². The molecule has 0 amide bonds. The van der Waals surface area contributed by atoms with E-state index in [9.17, 15) is 0 Å². The Hall–Kier alpha value is -0.530. The second kappa shape index (κ2) is 7.73. The third-order valence-electron chi connectivity index (χ3n) is 3.46. The molecule has 1 rings (SSSR count). The quantitative estimate of drug-likeness (QED) is 0.770. The summed E-state index contributed by atoms with van der Waals surface area (Å²) < 4.78 is 0. The van der Waals surface area contributed by atoms with Crippen LogP contribution >= 0.6 is 11.6 Å². The van der Waals surface area contributed by atoms with E-state index in [2.05, 4.69) is 31.3 Å². The predicted octanol–water partition coefficient (Wildman–Crippen LogP) is 4.15. The fourth-order valence-corrected chi connectivity index (χ4v) is 2.59. The molecule has 1 aromatic rings. The van der Waals surface area contributed by atoms with Gasteiger partial charge in [0.05, 0.1) is 0 Å². The number of benzene rings is 1. The molecule has 0 saturated carbocycles. The summed E-state index contributed by atoms with van der Waals surface area (Å²) in [7, 11) is 2.03. The Balaban J connectivity index is 2.69. The van der Waals surface area contributed by atoms with Gasteiger partial charge in [-0.3, -0.25) is 0 Å². The summed E-state index contributed by atoms with van der Waals surface area (Å²) in [5.74, 6) is 1.41. The van der Waals surface area contributed by atoms with E-state index in [0.29, 0.717) is 5.92 Å². The molecule has 96 valence electrons. The Morgan fingerprint density at radius 1 is 1.29 bits per heavy atom. The summed E-state index contributed by atoms with van der Waals surface area (Å²) in [5, 5.41) is 4.20. The van der Waals surface area contributed by atoms with Crippen molar-refractivity contribution in [1.29, 1.82) is 0 Å². The maximum absolute atomic E-state index is 6.23. The molecule has 17 heavy (non-hydrogen) atoms. The van der Waals surface area contributed by atoms with Crippen LogP contribution in [0.5, 0.6) is 0 Å². The molecule has 2 heteroatoms.